The number of benzene rings is 2. The van der Waals surface area contributed by atoms with Crippen LogP contribution in [0.4, 0.5) is 0 Å². The summed E-state index contributed by atoms with van der Waals surface area (Å²) < 4.78 is 30.5. The maximum Gasteiger partial charge on any atom is 0.163 e. The molecule has 0 heterocycles. The van der Waals surface area contributed by atoms with E-state index in [1.54, 1.807) is 6.92 Å². The summed E-state index contributed by atoms with van der Waals surface area (Å²) in [6.07, 6.45) is 0. The van der Waals surface area contributed by atoms with Crippen molar-refractivity contribution in [1.82, 2.24) is 0 Å². The molecule has 0 aromatic heterocycles. The number of hydrogen-bond acceptors (Lipinski definition) is 2. The molecule has 2 aromatic carbocycles. The van der Waals surface area contributed by atoms with Crippen molar-refractivity contribution in [2.75, 3.05) is 0 Å². The first-order chi connectivity index (χ1) is 7.67. The van der Waals surface area contributed by atoms with E-state index in [-0.39, 0.29) is 16.0 Å². The van der Waals surface area contributed by atoms with E-state index in [2.05, 4.69) is 0 Å². The standard InChI is InChI=1S/C11H13NO4S/c1-7-5-6-10(17(12,14,15)16)8-3-2-4-9(13)11(7)8/h2-6,13H,1H3,(H4,12,14,15,16). The third-order valence-corrected chi connectivity index (χ3v) is 3.78. The molecule has 0 saturated heterocycles. The molecule has 5 N–H and O–H groups in total. The predicted molar refractivity (Wildman–Crippen MR) is 66.2 cm³/mol. The predicted octanol–water partition coefficient (Wildman–Crippen LogP) is 1.85. The van der Waals surface area contributed by atoms with Gasteiger partial charge >= 0.3 is 0 Å². The van der Waals surface area contributed by atoms with Gasteiger partial charge in [0.25, 0.3) is 0 Å². The van der Waals surface area contributed by atoms with Gasteiger partial charge in [0.2, 0.25) is 0 Å². The molecule has 2 rings (SSSR count). The number of phenolic OH excluding ortho intramolecular Hbond substituents is 1. The zero-order valence-electron chi connectivity index (χ0n) is 9.12. The Bertz CT molecular complexity index is 655. The Labute approximate surface area is 98.1 Å². The third-order valence-electron chi connectivity index (χ3n) is 2.60. The second-order valence-corrected chi connectivity index (χ2v) is 6.28. The first kappa shape index (κ1) is 12.0. The number of rotatable bonds is 1. The molecule has 0 radical (unpaired) electrons. The number of aryl methyl sites for hydroxylation is 1. The summed E-state index contributed by atoms with van der Waals surface area (Å²) in [6, 6.07) is 7.29. The Morgan fingerprint density at radius 3 is 2.41 bits per heavy atom. The Hall–Kier alpha value is -1.47. The van der Waals surface area contributed by atoms with Crippen molar-refractivity contribution in [3.63, 3.8) is 0 Å². The van der Waals surface area contributed by atoms with Crippen LogP contribution in [-0.2, 0) is 9.81 Å². The summed E-state index contributed by atoms with van der Waals surface area (Å²) in [6.45, 7) is 1.74. The van der Waals surface area contributed by atoms with Crippen molar-refractivity contribution in [3.8, 4) is 5.75 Å². The number of aromatic hydroxyl groups is 1. The lowest BCUT2D eigenvalue weighted by molar-refractivity contribution is 0.392. The van der Waals surface area contributed by atoms with Gasteiger partial charge in [-0.15, -0.1) is 0 Å². The van der Waals surface area contributed by atoms with Gasteiger partial charge in [-0.1, -0.05) is 18.2 Å². The molecule has 0 spiro atoms. The van der Waals surface area contributed by atoms with Crippen LogP contribution in [0.1, 0.15) is 5.56 Å². The molecule has 0 saturated carbocycles. The topological polar surface area (TPSA) is 104 Å². The lowest BCUT2D eigenvalue weighted by Crippen LogP contribution is -2.41. The van der Waals surface area contributed by atoms with E-state index in [1.165, 1.54) is 30.3 Å². The van der Waals surface area contributed by atoms with Crippen molar-refractivity contribution in [1.29, 1.82) is 0 Å². The molecule has 0 aliphatic heterocycles. The average Bonchev–Trinajstić information content (AvgIpc) is 2.14. The van der Waals surface area contributed by atoms with Gasteiger partial charge in [0, 0.05) is 10.8 Å². The van der Waals surface area contributed by atoms with Crippen molar-refractivity contribution in [2.45, 2.75) is 11.8 Å². The molecule has 0 amide bonds. The van der Waals surface area contributed by atoms with E-state index >= 15 is 0 Å². The van der Waals surface area contributed by atoms with Gasteiger partial charge in [0.05, 0.1) is 4.90 Å². The van der Waals surface area contributed by atoms with Crippen LogP contribution in [0, 0.1) is 6.92 Å². The van der Waals surface area contributed by atoms with Gasteiger partial charge in [-0.05, 0) is 24.6 Å². The van der Waals surface area contributed by atoms with Gasteiger partial charge in [-0.2, -0.15) is 0 Å². The van der Waals surface area contributed by atoms with Crippen LogP contribution < -0.4 is 5.14 Å². The minimum Gasteiger partial charge on any atom is -0.507 e. The van der Waals surface area contributed by atoms with Gasteiger partial charge in [0.1, 0.15) is 5.75 Å². The number of fused-ring (bicyclic) bond motifs is 1. The van der Waals surface area contributed by atoms with Crippen molar-refractivity contribution in [2.24, 2.45) is 5.14 Å². The molecule has 92 valence electrons. The van der Waals surface area contributed by atoms with E-state index in [0.717, 1.165) is 5.56 Å². The summed E-state index contributed by atoms with van der Waals surface area (Å²) in [4.78, 5) is -0.293. The van der Waals surface area contributed by atoms with Crippen LogP contribution in [0.2, 0.25) is 0 Å². The fourth-order valence-electron chi connectivity index (χ4n) is 1.87. The number of nitrogens with two attached hydrogens (primary N) is 1. The van der Waals surface area contributed by atoms with Crippen molar-refractivity contribution in [3.05, 3.63) is 35.9 Å². The van der Waals surface area contributed by atoms with Gasteiger partial charge in [-0.25, -0.2) is 9.35 Å². The minimum atomic E-state index is -5.32. The van der Waals surface area contributed by atoms with E-state index in [1.807, 2.05) is 0 Å². The Kier molecular flexibility index (Phi) is 2.31. The lowest BCUT2D eigenvalue weighted by Gasteiger charge is -2.27. The molecule has 6 heteroatoms. The fourth-order valence-corrected chi connectivity index (χ4v) is 2.78. The van der Waals surface area contributed by atoms with E-state index in [4.69, 9.17) is 5.14 Å². The van der Waals surface area contributed by atoms with Crippen LogP contribution in [0.25, 0.3) is 10.8 Å². The first-order valence-corrected chi connectivity index (χ1v) is 6.79. The van der Waals surface area contributed by atoms with Crippen LogP contribution in [-0.4, -0.2) is 18.4 Å². The fraction of sp³-hybridized carbons (Fsp3) is 0.0909. The summed E-state index contributed by atoms with van der Waals surface area (Å²) in [7, 11) is -5.32. The summed E-state index contributed by atoms with van der Waals surface area (Å²) in [5.41, 5.74) is 0.721. The lowest BCUT2D eigenvalue weighted by atomic mass is 10.0. The summed E-state index contributed by atoms with van der Waals surface area (Å²) in [5.74, 6) is -0.0292. The highest BCUT2D eigenvalue weighted by Crippen LogP contribution is 2.35. The highest BCUT2D eigenvalue weighted by atomic mass is 32.3. The average molecular weight is 255 g/mol. The number of hydrogen-bond donors (Lipinski definition) is 4. The Morgan fingerprint density at radius 1 is 1.18 bits per heavy atom. The molecule has 17 heavy (non-hydrogen) atoms. The van der Waals surface area contributed by atoms with Crippen LogP contribution in [0.5, 0.6) is 5.75 Å². The smallest absolute Gasteiger partial charge is 0.163 e. The monoisotopic (exact) mass is 255 g/mol. The Balaban J connectivity index is 3.01. The molecule has 0 aliphatic carbocycles. The molecule has 0 bridgehead atoms. The molecule has 5 nitrogen and oxygen atoms in total. The second-order valence-electron chi connectivity index (χ2n) is 4.00. The van der Waals surface area contributed by atoms with E-state index in [0.29, 0.717) is 5.39 Å². The zero-order chi connectivity index (χ0) is 12.9. The van der Waals surface area contributed by atoms with Crippen LogP contribution >= 0.6 is 0 Å². The highest BCUT2D eigenvalue weighted by molar-refractivity contribution is 8.08. The molecule has 0 atom stereocenters. The molecule has 0 unspecified atom stereocenters. The molecule has 0 aliphatic rings. The first-order valence-electron chi connectivity index (χ1n) is 4.85. The number of phenols is 1. The van der Waals surface area contributed by atoms with E-state index < -0.39 is 9.81 Å². The van der Waals surface area contributed by atoms with Crippen LogP contribution in [0.3, 0.4) is 0 Å². The van der Waals surface area contributed by atoms with Crippen LogP contribution in [0.15, 0.2) is 35.2 Å². The molecular formula is C11H13NO4S. The summed E-state index contributed by atoms with van der Waals surface area (Å²) in [5, 5.41) is 15.4. The van der Waals surface area contributed by atoms with Gasteiger partial charge in [0.15, 0.2) is 9.81 Å². The second kappa shape index (κ2) is 3.27. The molecule has 0 fully saturated rings. The van der Waals surface area contributed by atoms with E-state index in [9.17, 15) is 18.4 Å². The highest BCUT2D eigenvalue weighted by Gasteiger charge is 2.29. The normalized spacial score (nSPS) is 14.5. The SMILES string of the molecule is Cc1ccc(S(N)(=O)(O)O)c2cccc(O)c12. The van der Waals surface area contributed by atoms with Crippen molar-refractivity contribution < 1.29 is 18.4 Å². The van der Waals surface area contributed by atoms with Gasteiger partial charge < -0.3 is 5.11 Å². The summed E-state index contributed by atoms with van der Waals surface area (Å²) >= 11 is 0. The zero-order valence-corrected chi connectivity index (χ0v) is 9.94. The largest absolute Gasteiger partial charge is 0.507 e. The van der Waals surface area contributed by atoms with Gasteiger partial charge in [-0.3, -0.25) is 9.11 Å². The maximum absolute atomic E-state index is 11.6. The minimum absolute atomic E-state index is 0.0292. The molecular weight excluding hydrogens is 242 g/mol. The van der Waals surface area contributed by atoms with Crippen molar-refractivity contribution >= 4 is 20.6 Å². The molecule has 2 aromatic rings. The maximum atomic E-state index is 11.6. The Morgan fingerprint density at radius 2 is 1.82 bits per heavy atom. The quantitative estimate of drug-likeness (QED) is 0.624. The third kappa shape index (κ3) is 2.03.